The molecule has 86 valence electrons. The van der Waals surface area contributed by atoms with Crippen LogP contribution >= 0.6 is 11.6 Å². The summed E-state index contributed by atoms with van der Waals surface area (Å²) in [5.41, 5.74) is 6.37. The molecule has 2 rings (SSSR count). The van der Waals surface area contributed by atoms with Gasteiger partial charge in [-0.2, -0.15) is 0 Å². The number of aromatic nitrogens is 2. The number of hydrogen-bond donors (Lipinski definition) is 4. The predicted molar refractivity (Wildman–Crippen MR) is 61.1 cm³/mol. The van der Waals surface area contributed by atoms with E-state index in [1.54, 1.807) is 18.5 Å². The third kappa shape index (κ3) is 1.78. The lowest BCUT2D eigenvalue weighted by Crippen LogP contribution is -2.27. The molecule has 6 heteroatoms. The summed E-state index contributed by atoms with van der Waals surface area (Å²) in [7, 11) is 0. The van der Waals surface area contributed by atoms with Crippen LogP contribution in [-0.4, -0.2) is 32.8 Å². The van der Waals surface area contributed by atoms with Gasteiger partial charge in [-0.1, -0.05) is 11.6 Å². The van der Waals surface area contributed by atoms with Crippen LogP contribution in [0.5, 0.6) is 0 Å². The van der Waals surface area contributed by atoms with E-state index < -0.39 is 12.2 Å². The average molecular weight is 242 g/mol. The van der Waals surface area contributed by atoms with Gasteiger partial charge in [0.25, 0.3) is 0 Å². The van der Waals surface area contributed by atoms with E-state index in [2.05, 4.69) is 9.97 Å². The molecule has 2 heterocycles. The number of H-pyrrole nitrogens is 1. The van der Waals surface area contributed by atoms with Crippen molar-refractivity contribution in [2.75, 3.05) is 6.54 Å². The summed E-state index contributed by atoms with van der Waals surface area (Å²) in [6, 6.07) is 1.63. The van der Waals surface area contributed by atoms with Gasteiger partial charge in [-0.05, 0) is 6.07 Å². The maximum atomic E-state index is 9.86. The molecule has 0 bridgehead atoms. The fourth-order valence-corrected chi connectivity index (χ4v) is 1.86. The number of hydrogen-bond acceptors (Lipinski definition) is 4. The Labute approximate surface area is 96.9 Å². The number of nitrogens with two attached hydrogens (primary N) is 1. The molecule has 0 aliphatic carbocycles. The van der Waals surface area contributed by atoms with Crippen LogP contribution in [0.25, 0.3) is 11.0 Å². The van der Waals surface area contributed by atoms with Crippen molar-refractivity contribution in [1.29, 1.82) is 0 Å². The minimum absolute atomic E-state index is 0.0221. The maximum Gasteiger partial charge on any atom is 0.139 e. The number of pyridine rings is 1. The molecule has 0 fully saturated rings. The SMILES string of the molecule is NCC(O)C(O)c1c[nH]c2nccc(Cl)c12. The minimum Gasteiger partial charge on any atom is -0.389 e. The number of fused-ring (bicyclic) bond motifs is 1. The van der Waals surface area contributed by atoms with Gasteiger partial charge < -0.3 is 20.9 Å². The van der Waals surface area contributed by atoms with Gasteiger partial charge in [0, 0.05) is 29.9 Å². The maximum absolute atomic E-state index is 9.86. The van der Waals surface area contributed by atoms with Crippen molar-refractivity contribution in [2.24, 2.45) is 5.73 Å². The minimum atomic E-state index is -1.07. The lowest BCUT2D eigenvalue weighted by Gasteiger charge is -2.15. The van der Waals surface area contributed by atoms with Gasteiger partial charge in [0.2, 0.25) is 0 Å². The van der Waals surface area contributed by atoms with Gasteiger partial charge in [0.1, 0.15) is 11.8 Å². The first kappa shape index (κ1) is 11.3. The van der Waals surface area contributed by atoms with Gasteiger partial charge in [-0.15, -0.1) is 0 Å². The molecule has 0 aromatic carbocycles. The zero-order valence-electron chi connectivity index (χ0n) is 8.39. The second-order valence-corrected chi connectivity index (χ2v) is 3.92. The third-order valence-electron chi connectivity index (χ3n) is 2.48. The molecule has 0 amide bonds. The summed E-state index contributed by atoms with van der Waals surface area (Å²) in [5, 5.41) is 20.5. The Kier molecular flexibility index (Phi) is 3.11. The summed E-state index contributed by atoms with van der Waals surface area (Å²) in [5.74, 6) is 0. The summed E-state index contributed by atoms with van der Waals surface area (Å²) >= 11 is 6.01. The van der Waals surface area contributed by atoms with Crippen LogP contribution in [0.3, 0.4) is 0 Å². The second kappa shape index (κ2) is 4.39. The van der Waals surface area contributed by atoms with Crippen LogP contribution in [0, 0.1) is 0 Å². The van der Waals surface area contributed by atoms with E-state index in [-0.39, 0.29) is 6.54 Å². The fourth-order valence-electron chi connectivity index (χ4n) is 1.61. The Hall–Kier alpha value is -1.14. The smallest absolute Gasteiger partial charge is 0.139 e. The molecule has 2 atom stereocenters. The van der Waals surface area contributed by atoms with E-state index in [1.807, 2.05) is 0 Å². The first-order chi connectivity index (χ1) is 7.65. The third-order valence-corrected chi connectivity index (χ3v) is 2.79. The summed E-state index contributed by atoms with van der Waals surface area (Å²) in [6.07, 6.45) is 1.06. The molecule has 0 aliphatic heterocycles. The van der Waals surface area contributed by atoms with Crippen molar-refractivity contribution in [3.8, 4) is 0 Å². The van der Waals surface area contributed by atoms with Gasteiger partial charge in [0.15, 0.2) is 0 Å². The zero-order valence-corrected chi connectivity index (χ0v) is 9.15. The molecule has 0 saturated heterocycles. The molecule has 0 aliphatic rings. The van der Waals surface area contributed by atoms with Crippen LogP contribution in [0.15, 0.2) is 18.5 Å². The van der Waals surface area contributed by atoms with Crippen molar-refractivity contribution in [2.45, 2.75) is 12.2 Å². The summed E-state index contributed by atoms with van der Waals surface area (Å²) < 4.78 is 0. The molecule has 5 N–H and O–H groups in total. The van der Waals surface area contributed by atoms with Crippen LogP contribution in [-0.2, 0) is 0 Å². The topological polar surface area (TPSA) is 95.2 Å². The lowest BCUT2D eigenvalue weighted by molar-refractivity contribution is 0.0252. The first-order valence-corrected chi connectivity index (χ1v) is 5.20. The monoisotopic (exact) mass is 241 g/mol. The molecule has 2 unspecified atom stereocenters. The molecule has 2 aromatic rings. The molecule has 0 saturated carbocycles. The highest BCUT2D eigenvalue weighted by Gasteiger charge is 2.21. The van der Waals surface area contributed by atoms with Gasteiger partial charge in [-0.3, -0.25) is 0 Å². The lowest BCUT2D eigenvalue weighted by atomic mass is 10.0. The molecule has 5 nitrogen and oxygen atoms in total. The van der Waals surface area contributed by atoms with E-state index in [4.69, 9.17) is 17.3 Å². The Morgan fingerprint density at radius 1 is 1.50 bits per heavy atom. The Balaban J connectivity index is 2.53. The fraction of sp³-hybridized carbons (Fsp3) is 0.300. The number of nitrogens with one attached hydrogen (secondary N) is 1. The summed E-state index contributed by atoms with van der Waals surface area (Å²) in [6.45, 7) is -0.0221. The van der Waals surface area contributed by atoms with Crippen LogP contribution in [0.2, 0.25) is 5.02 Å². The molecular weight excluding hydrogens is 230 g/mol. The van der Waals surface area contributed by atoms with Crippen molar-refractivity contribution in [3.63, 3.8) is 0 Å². The van der Waals surface area contributed by atoms with Gasteiger partial charge >= 0.3 is 0 Å². The quantitative estimate of drug-likeness (QED) is 0.632. The van der Waals surface area contributed by atoms with Crippen LogP contribution in [0.1, 0.15) is 11.7 Å². The normalized spacial score (nSPS) is 15.2. The van der Waals surface area contributed by atoms with Gasteiger partial charge in [-0.25, -0.2) is 4.98 Å². The highest BCUT2D eigenvalue weighted by molar-refractivity contribution is 6.35. The number of aliphatic hydroxyl groups excluding tert-OH is 2. The van der Waals surface area contributed by atoms with E-state index in [0.717, 1.165) is 0 Å². The molecule has 0 radical (unpaired) electrons. The summed E-state index contributed by atoms with van der Waals surface area (Å²) in [4.78, 5) is 6.95. The van der Waals surface area contributed by atoms with E-state index in [1.165, 1.54) is 0 Å². The predicted octanol–water partition coefficient (Wildman–Crippen LogP) is 0.569. The molecule has 0 spiro atoms. The first-order valence-electron chi connectivity index (χ1n) is 4.83. The number of halogens is 1. The zero-order chi connectivity index (χ0) is 11.7. The highest BCUT2D eigenvalue weighted by atomic mass is 35.5. The number of rotatable bonds is 3. The standard InChI is InChI=1S/C10H12ClN3O2/c11-6-1-2-13-10-8(6)5(4-14-10)9(16)7(15)3-12/h1-2,4,7,9,15-16H,3,12H2,(H,13,14). The van der Waals surface area contributed by atoms with E-state index >= 15 is 0 Å². The molecule has 2 aromatic heterocycles. The van der Waals surface area contributed by atoms with Crippen LogP contribution in [0.4, 0.5) is 0 Å². The largest absolute Gasteiger partial charge is 0.389 e. The van der Waals surface area contributed by atoms with E-state index in [0.29, 0.717) is 21.6 Å². The van der Waals surface area contributed by atoms with Crippen molar-refractivity contribution in [1.82, 2.24) is 9.97 Å². The number of aliphatic hydroxyl groups is 2. The Morgan fingerprint density at radius 2 is 2.25 bits per heavy atom. The van der Waals surface area contributed by atoms with Crippen LogP contribution < -0.4 is 5.73 Å². The van der Waals surface area contributed by atoms with E-state index in [9.17, 15) is 10.2 Å². The average Bonchev–Trinajstić information content (AvgIpc) is 2.72. The van der Waals surface area contributed by atoms with Crippen molar-refractivity contribution >= 4 is 22.6 Å². The Morgan fingerprint density at radius 3 is 2.94 bits per heavy atom. The molecule has 16 heavy (non-hydrogen) atoms. The number of aromatic amines is 1. The van der Waals surface area contributed by atoms with Crippen molar-refractivity contribution in [3.05, 3.63) is 29.0 Å². The van der Waals surface area contributed by atoms with Gasteiger partial charge in [0.05, 0.1) is 11.1 Å². The Bertz CT molecular complexity index is 500. The molecular formula is C10H12ClN3O2. The number of nitrogens with zero attached hydrogens (tertiary/aromatic N) is 1. The highest BCUT2D eigenvalue weighted by Crippen LogP contribution is 2.30. The van der Waals surface area contributed by atoms with Crippen molar-refractivity contribution < 1.29 is 10.2 Å². The second-order valence-electron chi connectivity index (χ2n) is 3.51.